The van der Waals surface area contributed by atoms with Crippen molar-refractivity contribution in [2.75, 3.05) is 20.2 Å². The third-order valence-corrected chi connectivity index (χ3v) is 3.95. The molecule has 0 atom stereocenters. The molecule has 0 heterocycles. The molecule has 0 aliphatic carbocycles. The summed E-state index contributed by atoms with van der Waals surface area (Å²) in [4.78, 5) is 0. The molecule has 20 heavy (non-hydrogen) atoms. The number of aryl methyl sites for hydroxylation is 2. The van der Waals surface area contributed by atoms with Gasteiger partial charge in [-0.1, -0.05) is 33.8 Å². The molecule has 0 bridgehead atoms. The van der Waals surface area contributed by atoms with Crippen LogP contribution in [0.25, 0.3) is 0 Å². The van der Waals surface area contributed by atoms with Crippen LogP contribution in [0.4, 0.5) is 0 Å². The molecule has 0 saturated heterocycles. The van der Waals surface area contributed by atoms with E-state index in [1.54, 1.807) is 7.11 Å². The van der Waals surface area contributed by atoms with E-state index in [2.05, 4.69) is 59.0 Å². The van der Waals surface area contributed by atoms with E-state index in [9.17, 15) is 0 Å². The van der Waals surface area contributed by atoms with Crippen LogP contribution in [0.1, 0.15) is 50.8 Å². The molecule has 2 nitrogen and oxygen atoms in total. The SMILES string of the molecule is COc1cc(C)c(C(C)(C)CCNCC(C)C)cc1C. The number of benzene rings is 1. The Hall–Kier alpha value is -1.02. The van der Waals surface area contributed by atoms with Crippen LogP contribution < -0.4 is 10.1 Å². The van der Waals surface area contributed by atoms with E-state index in [-0.39, 0.29) is 5.41 Å². The van der Waals surface area contributed by atoms with Crippen molar-refractivity contribution in [3.8, 4) is 5.75 Å². The van der Waals surface area contributed by atoms with Gasteiger partial charge in [0.2, 0.25) is 0 Å². The summed E-state index contributed by atoms with van der Waals surface area (Å²) < 4.78 is 5.41. The lowest BCUT2D eigenvalue weighted by Gasteiger charge is -2.28. The van der Waals surface area contributed by atoms with Crippen molar-refractivity contribution in [2.24, 2.45) is 5.92 Å². The molecule has 0 spiro atoms. The third kappa shape index (κ3) is 4.52. The van der Waals surface area contributed by atoms with Crippen LogP contribution in [0.15, 0.2) is 12.1 Å². The van der Waals surface area contributed by atoms with Gasteiger partial charge in [-0.2, -0.15) is 0 Å². The first-order valence-electron chi connectivity index (χ1n) is 7.64. The average molecular weight is 277 g/mol. The van der Waals surface area contributed by atoms with Crippen LogP contribution >= 0.6 is 0 Å². The Morgan fingerprint density at radius 1 is 1.15 bits per heavy atom. The zero-order valence-corrected chi connectivity index (χ0v) is 14.3. The van der Waals surface area contributed by atoms with Crippen LogP contribution in [-0.2, 0) is 5.41 Å². The third-order valence-electron chi connectivity index (χ3n) is 3.95. The lowest BCUT2D eigenvalue weighted by Crippen LogP contribution is -2.28. The van der Waals surface area contributed by atoms with Gasteiger partial charge in [-0.15, -0.1) is 0 Å². The van der Waals surface area contributed by atoms with E-state index in [0.717, 1.165) is 25.3 Å². The standard InChI is InChI=1S/C18H31NO/c1-13(2)12-19-9-8-18(5,6)16-10-15(4)17(20-7)11-14(16)3/h10-11,13,19H,8-9,12H2,1-7H3. The summed E-state index contributed by atoms with van der Waals surface area (Å²) in [5.74, 6) is 1.70. The fraction of sp³-hybridized carbons (Fsp3) is 0.667. The van der Waals surface area contributed by atoms with Gasteiger partial charge in [-0.3, -0.25) is 0 Å². The first kappa shape index (κ1) is 17.0. The van der Waals surface area contributed by atoms with Crippen LogP contribution in [0.5, 0.6) is 5.75 Å². The molecule has 0 unspecified atom stereocenters. The van der Waals surface area contributed by atoms with Gasteiger partial charge in [0, 0.05) is 0 Å². The van der Waals surface area contributed by atoms with Gasteiger partial charge in [0.1, 0.15) is 5.75 Å². The van der Waals surface area contributed by atoms with Crippen LogP contribution in [0.2, 0.25) is 0 Å². The van der Waals surface area contributed by atoms with E-state index in [1.807, 2.05) is 0 Å². The first-order valence-corrected chi connectivity index (χ1v) is 7.64. The molecule has 1 aromatic carbocycles. The van der Waals surface area contributed by atoms with Gasteiger partial charge in [0.25, 0.3) is 0 Å². The first-order chi connectivity index (χ1) is 9.27. The summed E-state index contributed by atoms with van der Waals surface area (Å²) in [6.45, 7) is 15.6. The molecule has 1 rings (SSSR count). The van der Waals surface area contributed by atoms with E-state index in [4.69, 9.17) is 4.74 Å². The number of hydrogen-bond acceptors (Lipinski definition) is 2. The molecule has 2 heteroatoms. The summed E-state index contributed by atoms with van der Waals surface area (Å²) in [6.07, 6.45) is 1.15. The van der Waals surface area contributed by atoms with Gasteiger partial charge in [0.15, 0.2) is 0 Å². The zero-order chi connectivity index (χ0) is 15.3. The Morgan fingerprint density at radius 3 is 2.35 bits per heavy atom. The van der Waals surface area contributed by atoms with Gasteiger partial charge in [-0.25, -0.2) is 0 Å². The largest absolute Gasteiger partial charge is 0.496 e. The van der Waals surface area contributed by atoms with Gasteiger partial charge in [0.05, 0.1) is 7.11 Å². The van der Waals surface area contributed by atoms with Crippen molar-refractivity contribution in [3.63, 3.8) is 0 Å². The fourth-order valence-electron chi connectivity index (χ4n) is 2.67. The molecule has 0 aliphatic rings. The average Bonchev–Trinajstić information content (AvgIpc) is 2.36. The maximum Gasteiger partial charge on any atom is 0.122 e. The summed E-state index contributed by atoms with van der Waals surface area (Å²) in [5.41, 5.74) is 4.16. The van der Waals surface area contributed by atoms with Gasteiger partial charge >= 0.3 is 0 Å². The van der Waals surface area contributed by atoms with Crippen molar-refractivity contribution in [3.05, 3.63) is 28.8 Å². The van der Waals surface area contributed by atoms with Gasteiger partial charge in [-0.05, 0) is 67.4 Å². The molecule has 0 aromatic heterocycles. The Bertz CT molecular complexity index is 435. The lowest BCUT2D eigenvalue weighted by atomic mass is 9.78. The van der Waals surface area contributed by atoms with Gasteiger partial charge < -0.3 is 10.1 Å². The second kappa shape index (κ2) is 7.12. The molecule has 1 aromatic rings. The molecular formula is C18H31NO. The van der Waals surface area contributed by atoms with E-state index < -0.39 is 0 Å². The van der Waals surface area contributed by atoms with Crippen molar-refractivity contribution >= 4 is 0 Å². The molecule has 0 aliphatic heterocycles. The minimum atomic E-state index is 0.186. The Kier molecular flexibility index (Phi) is 6.07. The Balaban J connectivity index is 2.79. The molecule has 1 N–H and O–H groups in total. The van der Waals surface area contributed by atoms with E-state index in [1.165, 1.54) is 16.7 Å². The highest BCUT2D eigenvalue weighted by Crippen LogP contribution is 2.33. The molecule has 0 radical (unpaired) electrons. The van der Waals surface area contributed by atoms with Crippen LogP contribution in [-0.4, -0.2) is 20.2 Å². The molecule has 0 saturated carbocycles. The highest BCUT2D eigenvalue weighted by molar-refractivity contribution is 5.44. The number of hydrogen-bond donors (Lipinski definition) is 1. The van der Waals surface area contributed by atoms with E-state index in [0.29, 0.717) is 5.92 Å². The quantitative estimate of drug-likeness (QED) is 0.753. The fourth-order valence-corrected chi connectivity index (χ4v) is 2.67. The molecule has 0 fully saturated rings. The van der Waals surface area contributed by atoms with Crippen LogP contribution in [0.3, 0.4) is 0 Å². The number of rotatable bonds is 7. The lowest BCUT2D eigenvalue weighted by molar-refractivity contribution is 0.408. The maximum absolute atomic E-state index is 5.41. The minimum absolute atomic E-state index is 0.186. The normalized spacial score (nSPS) is 12.0. The summed E-state index contributed by atoms with van der Waals surface area (Å²) >= 11 is 0. The zero-order valence-electron chi connectivity index (χ0n) is 14.3. The Labute approximate surface area is 124 Å². The molecule has 114 valence electrons. The topological polar surface area (TPSA) is 21.3 Å². The summed E-state index contributed by atoms with van der Waals surface area (Å²) in [7, 11) is 1.74. The summed E-state index contributed by atoms with van der Waals surface area (Å²) in [5, 5.41) is 3.54. The van der Waals surface area contributed by atoms with Crippen LogP contribution in [0, 0.1) is 19.8 Å². The number of nitrogens with one attached hydrogen (secondary N) is 1. The maximum atomic E-state index is 5.41. The van der Waals surface area contributed by atoms with Crippen molar-refractivity contribution in [1.82, 2.24) is 5.32 Å². The summed E-state index contributed by atoms with van der Waals surface area (Å²) in [6, 6.07) is 4.45. The smallest absolute Gasteiger partial charge is 0.122 e. The highest BCUT2D eigenvalue weighted by Gasteiger charge is 2.23. The minimum Gasteiger partial charge on any atom is -0.496 e. The predicted octanol–water partition coefficient (Wildman–Crippen LogP) is 4.23. The van der Waals surface area contributed by atoms with E-state index >= 15 is 0 Å². The van der Waals surface area contributed by atoms with Crippen molar-refractivity contribution < 1.29 is 4.74 Å². The molecule has 0 amide bonds. The second-order valence-electron chi connectivity index (χ2n) is 6.87. The molecular weight excluding hydrogens is 246 g/mol. The monoisotopic (exact) mass is 277 g/mol. The predicted molar refractivity (Wildman–Crippen MR) is 87.8 cm³/mol. The van der Waals surface area contributed by atoms with Crippen molar-refractivity contribution in [1.29, 1.82) is 0 Å². The highest BCUT2D eigenvalue weighted by atomic mass is 16.5. The number of ether oxygens (including phenoxy) is 1. The number of methoxy groups -OCH3 is 1. The Morgan fingerprint density at radius 2 is 1.80 bits per heavy atom. The second-order valence-corrected chi connectivity index (χ2v) is 6.87. The van der Waals surface area contributed by atoms with Crippen molar-refractivity contribution in [2.45, 2.75) is 53.4 Å².